The Labute approximate surface area is 277 Å². The lowest BCUT2D eigenvalue weighted by Crippen LogP contribution is -2.59. The first kappa shape index (κ1) is 34.2. The van der Waals surface area contributed by atoms with Gasteiger partial charge in [-0.3, -0.25) is 24.0 Å². The van der Waals surface area contributed by atoms with Crippen LogP contribution in [0.5, 0.6) is 5.88 Å². The fourth-order valence-electron chi connectivity index (χ4n) is 6.15. The van der Waals surface area contributed by atoms with Crippen molar-refractivity contribution >= 4 is 35.7 Å². The number of likely N-dealkylation sites (tertiary alicyclic amines) is 1. The smallest absolute Gasteiger partial charge is 0.407 e. The van der Waals surface area contributed by atoms with Crippen LogP contribution >= 0.6 is 0 Å². The lowest BCUT2D eigenvalue weighted by Gasteiger charge is -2.40. The minimum absolute atomic E-state index is 0.0705. The van der Waals surface area contributed by atoms with Gasteiger partial charge in [-0.25, -0.2) is 9.48 Å². The summed E-state index contributed by atoms with van der Waals surface area (Å²) in [7, 11) is 0. The minimum atomic E-state index is -1.22. The molecule has 0 radical (unpaired) electrons. The van der Waals surface area contributed by atoms with Gasteiger partial charge in [-0.1, -0.05) is 18.2 Å². The third-order valence-electron chi connectivity index (χ3n) is 9.01. The number of nitrogens with zero attached hydrogens (tertiary/aromatic N) is 5. The number of rotatable bonds is 12. The molecule has 5 amide bonds. The third-order valence-corrected chi connectivity index (χ3v) is 9.01. The first-order valence-electron chi connectivity index (χ1n) is 16.2. The average molecular weight is 668 g/mol. The van der Waals surface area contributed by atoms with Crippen molar-refractivity contribution in [2.45, 2.75) is 76.0 Å². The van der Waals surface area contributed by atoms with E-state index in [4.69, 9.17) is 4.74 Å². The van der Waals surface area contributed by atoms with Gasteiger partial charge in [0.1, 0.15) is 12.1 Å². The number of amides is 5. The number of aliphatic carboxylic acids is 1. The zero-order chi connectivity index (χ0) is 34.4. The Hall–Kier alpha value is -5.15. The molecule has 2 aromatic rings. The van der Waals surface area contributed by atoms with Crippen molar-refractivity contribution in [2.75, 3.05) is 32.8 Å². The van der Waals surface area contributed by atoms with Crippen molar-refractivity contribution in [3.63, 3.8) is 0 Å². The van der Waals surface area contributed by atoms with Crippen LogP contribution in [0.25, 0.3) is 5.69 Å². The Balaban J connectivity index is 1.30. The van der Waals surface area contributed by atoms with E-state index in [1.165, 1.54) is 25.4 Å². The van der Waals surface area contributed by atoms with Crippen molar-refractivity contribution in [2.24, 2.45) is 0 Å². The van der Waals surface area contributed by atoms with Gasteiger partial charge in [0.25, 0.3) is 11.8 Å². The van der Waals surface area contributed by atoms with Crippen LogP contribution in [0.15, 0.2) is 36.4 Å². The number of carbonyl (C=O) groups is 6. The molecule has 0 spiro atoms. The molecule has 5 rings (SSSR count). The number of piperazine rings is 1. The quantitative estimate of drug-likeness (QED) is 0.254. The number of benzene rings is 1. The van der Waals surface area contributed by atoms with Crippen molar-refractivity contribution in [1.82, 2.24) is 35.1 Å². The first-order chi connectivity index (χ1) is 23.0. The summed E-state index contributed by atoms with van der Waals surface area (Å²) >= 11 is 0. The van der Waals surface area contributed by atoms with E-state index in [0.29, 0.717) is 25.1 Å². The van der Waals surface area contributed by atoms with Crippen LogP contribution in [0.2, 0.25) is 0 Å². The summed E-state index contributed by atoms with van der Waals surface area (Å²) in [6.45, 7) is 1.93. The summed E-state index contributed by atoms with van der Waals surface area (Å²) in [4.78, 5) is 80.1. The highest BCUT2D eigenvalue weighted by molar-refractivity contribution is 5.96. The van der Waals surface area contributed by atoms with Crippen LogP contribution in [0.4, 0.5) is 4.79 Å². The lowest BCUT2D eigenvalue weighted by atomic mass is 9.93. The first-order valence-corrected chi connectivity index (χ1v) is 16.2. The number of carboxylic acid groups (broad SMARTS) is 2. The molecular weight excluding hydrogens is 626 g/mol. The van der Waals surface area contributed by atoms with Gasteiger partial charge in [-0.05, 0) is 57.6 Å². The Kier molecular flexibility index (Phi) is 10.8. The summed E-state index contributed by atoms with van der Waals surface area (Å²) in [5.74, 6) is -2.93. The predicted octanol–water partition coefficient (Wildman–Crippen LogP) is 1.08. The van der Waals surface area contributed by atoms with Gasteiger partial charge in [0.15, 0.2) is 12.3 Å². The number of hydrogen-bond donors (Lipinski definition) is 4. The predicted molar refractivity (Wildman–Crippen MR) is 168 cm³/mol. The number of nitrogens with one attached hydrogen (secondary N) is 2. The maximum absolute atomic E-state index is 13.5. The van der Waals surface area contributed by atoms with Crippen LogP contribution in [0.1, 0.15) is 62.4 Å². The van der Waals surface area contributed by atoms with Gasteiger partial charge >= 0.3 is 12.1 Å². The highest BCUT2D eigenvalue weighted by Crippen LogP contribution is 2.24. The van der Waals surface area contributed by atoms with Crippen molar-refractivity contribution in [3.05, 3.63) is 42.1 Å². The van der Waals surface area contributed by atoms with Gasteiger partial charge < -0.3 is 40.3 Å². The Bertz CT molecular complexity index is 1530. The molecule has 2 aliphatic heterocycles. The molecule has 0 bridgehead atoms. The number of ether oxygens (including phenoxy) is 1. The van der Waals surface area contributed by atoms with Gasteiger partial charge in [-0.2, -0.15) is 5.10 Å². The molecule has 258 valence electrons. The SMILES string of the molecule is C[C@@H]1CN(C(=O)O)CCN1C(=O)[C@H](CCC(=O)O)NC(=O)c1cc(OCC(=O)N2CCC[C@H]2C(=O)NC2CCC2)n(-c2ccccc2)n1. The summed E-state index contributed by atoms with van der Waals surface area (Å²) in [5, 5.41) is 28.6. The molecule has 3 atom stereocenters. The largest absolute Gasteiger partial charge is 0.481 e. The molecule has 1 aromatic heterocycles. The summed E-state index contributed by atoms with van der Waals surface area (Å²) in [5.41, 5.74) is 0.388. The van der Waals surface area contributed by atoms with Crippen LogP contribution in [-0.2, 0) is 19.2 Å². The lowest BCUT2D eigenvalue weighted by molar-refractivity contribution is -0.140. The van der Waals surface area contributed by atoms with E-state index in [2.05, 4.69) is 15.7 Å². The normalized spacial score (nSPS) is 20.1. The van der Waals surface area contributed by atoms with Gasteiger partial charge in [0, 0.05) is 50.7 Å². The van der Waals surface area contributed by atoms with E-state index in [-0.39, 0.29) is 55.5 Å². The van der Waals surface area contributed by atoms with Crippen LogP contribution in [0.3, 0.4) is 0 Å². The van der Waals surface area contributed by atoms with E-state index in [1.807, 2.05) is 0 Å². The molecular formula is C32H41N7O9. The van der Waals surface area contributed by atoms with Crippen molar-refractivity contribution < 1.29 is 43.7 Å². The molecule has 3 heterocycles. The van der Waals surface area contributed by atoms with E-state index in [9.17, 15) is 39.0 Å². The molecule has 16 nitrogen and oxygen atoms in total. The van der Waals surface area contributed by atoms with E-state index in [0.717, 1.165) is 19.3 Å². The van der Waals surface area contributed by atoms with Crippen molar-refractivity contribution in [3.8, 4) is 11.6 Å². The van der Waals surface area contributed by atoms with Crippen LogP contribution in [-0.4, -0.2) is 127 Å². The number of carboxylic acids is 1. The van der Waals surface area contributed by atoms with E-state index < -0.39 is 55.0 Å². The highest BCUT2D eigenvalue weighted by Gasteiger charge is 2.37. The van der Waals surface area contributed by atoms with Gasteiger partial charge in [0.05, 0.1) is 5.69 Å². The van der Waals surface area contributed by atoms with E-state index >= 15 is 0 Å². The molecule has 4 N–H and O–H groups in total. The number of para-hydroxylation sites is 1. The number of carbonyl (C=O) groups excluding carboxylic acids is 4. The number of aromatic nitrogens is 2. The third kappa shape index (κ3) is 8.04. The molecule has 1 aliphatic carbocycles. The zero-order valence-corrected chi connectivity index (χ0v) is 26.7. The molecule has 3 aliphatic rings. The molecule has 1 aromatic carbocycles. The zero-order valence-electron chi connectivity index (χ0n) is 26.7. The molecule has 1 saturated carbocycles. The molecule has 0 unspecified atom stereocenters. The average Bonchev–Trinajstić information content (AvgIpc) is 3.72. The van der Waals surface area contributed by atoms with Crippen LogP contribution < -0.4 is 15.4 Å². The molecule has 16 heteroatoms. The number of hydrogen-bond acceptors (Lipinski definition) is 8. The minimum Gasteiger partial charge on any atom is -0.481 e. The van der Waals surface area contributed by atoms with Gasteiger partial charge in [0.2, 0.25) is 17.7 Å². The summed E-state index contributed by atoms with van der Waals surface area (Å²) < 4.78 is 7.24. The second-order valence-corrected chi connectivity index (χ2v) is 12.4. The molecule has 48 heavy (non-hydrogen) atoms. The highest BCUT2D eigenvalue weighted by atomic mass is 16.5. The maximum Gasteiger partial charge on any atom is 0.407 e. The second kappa shape index (κ2) is 15.2. The maximum atomic E-state index is 13.5. The Morgan fingerprint density at radius 2 is 1.73 bits per heavy atom. The fourth-order valence-corrected chi connectivity index (χ4v) is 6.15. The fraction of sp³-hybridized carbons (Fsp3) is 0.531. The monoisotopic (exact) mass is 667 g/mol. The Morgan fingerprint density at radius 1 is 0.979 bits per heavy atom. The topological polar surface area (TPSA) is 204 Å². The standard InChI is InChI=1S/C32H41N7O9/c1-20-18-36(32(46)47)15-16-37(20)31(45)23(12-13-28(41)42)34-29(43)24-17-27(39(35-24)22-9-3-2-4-10-22)48-19-26(40)38-14-6-11-25(38)30(44)33-21-7-5-8-21/h2-4,9-10,17,20-21,23,25H,5-8,11-16,18-19H2,1H3,(H,33,44)(H,34,43)(H,41,42)(H,46,47)/t20-,23+,25+/m1/s1. The Morgan fingerprint density at radius 3 is 2.38 bits per heavy atom. The van der Waals surface area contributed by atoms with Crippen molar-refractivity contribution in [1.29, 1.82) is 0 Å². The molecule has 2 saturated heterocycles. The van der Waals surface area contributed by atoms with E-state index in [1.54, 1.807) is 37.3 Å². The second-order valence-electron chi connectivity index (χ2n) is 12.4. The van der Waals surface area contributed by atoms with Crippen LogP contribution in [0, 0.1) is 0 Å². The summed E-state index contributed by atoms with van der Waals surface area (Å²) in [6, 6.07) is 7.94. The summed E-state index contributed by atoms with van der Waals surface area (Å²) in [6.07, 6.45) is 2.50. The molecule has 3 fully saturated rings. The van der Waals surface area contributed by atoms with Gasteiger partial charge in [-0.15, -0.1) is 0 Å².